The van der Waals surface area contributed by atoms with Gasteiger partial charge in [0.2, 0.25) is 0 Å². The number of aromatic nitrogens is 4. The van der Waals surface area contributed by atoms with Crippen LogP contribution in [0.2, 0.25) is 5.15 Å². The van der Waals surface area contributed by atoms with Crippen molar-refractivity contribution in [2.45, 2.75) is 13.0 Å². The molecule has 0 saturated heterocycles. The Balaban J connectivity index is 1.67. The molecule has 21 heavy (non-hydrogen) atoms. The van der Waals surface area contributed by atoms with E-state index in [4.69, 9.17) is 17.3 Å². The highest BCUT2D eigenvalue weighted by atomic mass is 35.5. The molecule has 0 aliphatic heterocycles. The fraction of sp³-hybridized carbons (Fsp3) is 0.214. The van der Waals surface area contributed by atoms with Crippen LogP contribution in [0.15, 0.2) is 36.9 Å². The molecule has 2 aromatic heterocycles. The monoisotopic (exact) mass is 302 g/mol. The van der Waals surface area contributed by atoms with Crippen LogP contribution in [0.1, 0.15) is 6.42 Å². The van der Waals surface area contributed by atoms with Crippen molar-refractivity contribution < 1.29 is 0 Å². The minimum absolute atomic E-state index is 0.370. The number of fused-ring (bicyclic) bond motifs is 1. The lowest BCUT2D eigenvalue weighted by Crippen LogP contribution is -2.08. The lowest BCUT2D eigenvalue weighted by atomic mass is 10.2. The smallest absolute Gasteiger partial charge is 0.172 e. The highest BCUT2D eigenvalue weighted by Crippen LogP contribution is 2.22. The van der Waals surface area contributed by atoms with Gasteiger partial charge in [-0.05, 0) is 24.6 Å². The molecule has 0 unspecified atom stereocenters. The van der Waals surface area contributed by atoms with E-state index in [1.54, 1.807) is 24.7 Å². The maximum absolute atomic E-state index is 6.14. The van der Waals surface area contributed by atoms with Gasteiger partial charge in [0.15, 0.2) is 11.0 Å². The molecule has 3 aromatic rings. The Morgan fingerprint density at radius 3 is 2.95 bits per heavy atom. The summed E-state index contributed by atoms with van der Waals surface area (Å²) in [5.41, 5.74) is 7.88. The van der Waals surface area contributed by atoms with Gasteiger partial charge in [0.25, 0.3) is 0 Å². The molecule has 2 heterocycles. The predicted molar refractivity (Wildman–Crippen MR) is 84.3 cm³/mol. The van der Waals surface area contributed by atoms with Gasteiger partial charge >= 0.3 is 0 Å². The number of anilines is 2. The lowest BCUT2D eigenvalue weighted by Gasteiger charge is -2.09. The molecular weight excluding hydrogens is 288 g/mol. The zero-order chi connectivity index (χ0) is 14.7. The molecule has 0 spiro atoms. The second-order valence-electron chi connectivity index (χ2n) is 4.69. The maximum Gasteiger partial charge on any atom is 0.172 e. The van der Waals surface area contributed by atoms with Gasteiger partial charge in [-0.2, -0.15) is 0 Å². The first kappa shape index (κ1) is 13.6. The van der Waals surface area contributed by atoms with Crippen LogP contribution in [-0.2, 0) is 6.54 Å². The van der Waals surface area contributed by atoms with Crippen molar-refractivity contribution in [3.05, 3.63) is 42.1 Å². The highest BCUT2D eigenvalue weighted by Gasteiger charge is 2.06. The molecule has 3 rings (SSSR count). The number of benzene rings is 1. The number of nitrogen functional groups attached to an aromatic ring is 1. The third kappa shape index (κ3) is 3.22. The molecule has 0 atom stereocenters. The second-order valence-corrected chi connectivity index (χ2v) is 5.05. The maximum atomic E-state index is 6.14. The van der Waals surface area contributed by atoms with Crippen molar-refractivity contribution in [2.24, 2.45) is 0 Å². The van der Waals surface area contributed by atoms with Gasteiger partial charge in [0, 0.05) is 31.2 Å². The fourth-order valence-corrected chi connectivity index (χ4v) is 2.25. The van der Waals surface area contributed by atoms with Gasteiger partial charge in [0.05, 0.1) is 17.4 Å². The topological polar surface area (TPSA) is 81.6 Å². The molecule has 0 aliphatic carbocycles. The Hall–Kier alpha value is -2.34. The summed E-state index contributed by atoms with van der Waals surface area (Å²) in [5.74, 6) is 0.584. The number of nitrogens with one attached hydrogen (secondary N) is 1. The first-order chi connectivity index (χ1) is 10.2. The molecule has 0 amide bonds. The summed E-state index contributed by atoms with van der Waals surface area (Å²) in [6, 6.07) is 5.38. The number of halogens is 1. The molecule has 3 N–H and O–H groups in total. The molecule has 6 nitrogen and oxygen atoms in total. The van der Waals surface area contributed by atoms with Crippen molar-refractivity contribution in [1.82, 2.24) is 19.5 Å². The van der Waals surface area contributed by atoms with Crippen LogP contribution < -0.4 is 11.1 Å². The fourth-order valence-electron chi connectivity index (χ4n) is 2.05. The molecule has 0 radical (unpaired) electrons. The van der Waals surface area contributed by atoms with Gasteiger partial charge < -0.3 is 15.6 Å². The van der Waals surface area contributed by atoms with E-state index in [0.717, 1.165) is 30.5 Å². The zero-order valence-corrected chi connectivity index (χ0v) is 12.1. The van der Waals surface area contributed by atoms with E-state index in [0.29, 0.717) is 16.7 Å². The number of hydrogen-bond acceptors (Lipinski definition) is 5. The summed E-state index contributed by atoms with van der Waals surface area (Å²) in [5, 5.41) is 3.58. The van der Waals surface area contributed by atoms with Crippen LogP contribution in [0.3, 0.4) is 0 Å². The summed E-state index contributed by atoms with van der Waals surface area (Å²) in [6.07, 6.45) is 6.43. The van der Waals surface area contributed by atoms with Crippen LogP contribution >= 0.6 is 11.6 Å². The number of nitrogens with two attached hydrogens (primary N) is 1. The summed E-state index contributed by atoms with van der Waals surface area (Å²) >= 11 is 6.14. The summed E-state index contributed by atoms with van der Waals surface area (Å²) in [7, 11) is 0. The number of aryl methyl sites for hydroxylation is 1. The molecule has 0 bridgehead atoms. The third-order valence-electron chi connectivity index (χ3n) is 3.09. The van der Waals surface area contributed by atoms with Crippen molar-refractivity contribution in [3.8, 4) is 0 Å². The van der Waals surface area contributed by atoms with Crippen LogP contribution in [0.25, 0.3) is 11.0 Å². The Bertz CT molecular complexity index is 741. The third-order valence-corrected chi connectivity index (χ3v) is 3.35. The molecule has 1 aromatic carbocycles. The molecule has 0 saturated carbocycles. The second kappa shape index (κ2) is 5.97. The molecule has 108 valence electrons. The molecular formula is C14H15ClN6. The van der Waals surface area contributed by atoms with E-state index in [1.807, 2.05) is 16.8 Å². The van der Waals surface area contributed by atoms with Crippen molar-refractivity contribution >= 4 is 34.1 Å². The summed E-state index contributed by atoms with van der Waals surface area (Å²) in [4.78, 5) is 12.8. The largest absolute Gasteiger partial charge is 0.399 e. The van der Waals surface area contributed by atoms with E-state index in [9.17, 15) is 0 Å². The van der Waals surface area contributed by atoms with E-state index in [2.05, 4.69) is 20.3 Å². The SMILES string of the molecule is Nc1ccc2nc(Cl)c(NCCCn3ccnc3)nc2c1. The Morgan fingerprint density at radius 1 is 1.24 bits per heavy atom. The normalized spacial score (nSPS) is 10.9. The highest BCUT2D eigenvalue weighted by molar-refractivity contribution is 6.32. The van der Waals surface area contributed by atoms with Crippen LogP contribution in [0.4, 0.5) is 11.5 Å². The summed E-state index contributed by atoms with van der Waals surface area (Å²) < 4.78 is 2.02. The van der Waals surface area contributed by atoms with Gasteiger partial charge in [-0.25, -0.2) is 15.0 Å². The van der Waals surface area contributed by atoms with Crippen molar-refractivity contribution in [1.29, 1.82) is 0 Å². The van der Waals surface area contributed by atoms with Gasteiger partial charge in [-0.15, -0.1) is 0 Å². The van der Waals surface area contributed by atoms with E-state index < -0.39 is 0 Å². The molecule has 7 heteroatoms. The van der Waals surface area contributed by atoms with E-state index in [1.165, 1.54) is 0 Å². The number of imidazole rings is 1. The average Bonchev–Trinajstić information content (AvgIpc) is 2.97. The van der Waals surface area contributed by atoms with Gasteiger partial charge in [0.1, 0.15) is 0 Å². The lowest BCUT2D eigenvalue weighted by molar-refractivity contribution is 0.660. The zero-order valence-electron chi connectivity index (χ0n) is 11.3. The number of rotatable bonds is 5. The average molecular weight is 303 g/mol. The first-order valence-electron chi connectivity index (χ1n) is 6.65. The minimum Gasteiger partial charge on any atom is -0.399 e. The Morgan fingerprint density at radius 2 is 2.14 bits per heavy atom. The van der Waals surface area contributed by atoms with E-state index >= 15 is 0 Å². The predicted octanol–water partition coefficient (Wildman–Crippen LogP) is 2.56. The van der Waals surface area contributed by atoms with Crippen LogP contribution in [0, 0.1) is 0 Å². The molecule has 0 aliphatic rings. The standard InChI is InChI=1S/C14H15ClN6/c15-13-14(18-4-1-6-21-7-5-17-9-21)20-12-8-10(16)2-3-11(12)19-13/h2-3,5,7-9H,1,4,6,16H2,(H,18,20). The molecule has 0 fully saturated rings. The van der Waals surface area contributed by atoms with Crippen molar-refractivity contribution in [3.63, 3.8) is 0 Å². The van der Waals surface area contributed by atoms with Crippen molar-refractivity contribution in [2.75, 3.05) is 17.6 Å². The first-order valence-corrected chi connectivity index (χ1v) is 7.02. The number of hydrogen-bond donors (Lipinski definition) is 2. The van der Waals surface area contributed by atoms with E-state index in [-0.39, 0.29) is 0 Å². The Kier molecular flexibility index (Phi) is 3.87. The quantitative estimate of drug-likeness (QED) is 0.559. The summed E-state index contributed by atoms with van der Waals surface area (Å²) in [6.45, 7) is 1.64. The minimum atomic E-state index is 0.370. The number of nitrogens with zero attached hydrogens (tertiary/aromatic N) is 4. The van der Waals surface area contributed by atoms with Gasteiger partial charge in [-0.3, -0.25) is 0 Å². The van der Waals surface area contributed by atoms with Crippen LogP contribution in [-0.4, -0.2) is 26.1 Å². The Labute approximate surface area is 127 Å². The van der Waals surface area contributed by atoms with Gasteiger partial charge in [-0.1, -0.05) is 11.6 Å². The van der Waals surface area contributed by atoms with Crippen LogP contribution in [0.5, 0.6) is 0 Å².